The number of carbonyl (C=O) groups excluding carboxylic acids is 1. The summed E-state index contributed by atoms with van der Waals surface area (Å²) in [6.07, 6.45) is 0.0891. The monoisotopic (exact) mass is 426 g/mol. The molecule has 9 heteroatoms. The van der Waals surface area contributed by atoms with Gasteiger partial charge in [-0.05, 0) is 31.2 Å². The molecule has 0 aliphatic rings. The molecule has 3 rings (SSSR count). The van der Waals surface area contributed by atoms with Gasteiger partial charge in [0.25, 0.3) is 11.1 Å². The summed E-state index contributed by atoms with van der Waals surface area (Å²) in [5.41, 5.74) is 1.26. The number of halogens is 1. The van der Waals surface area contributed by atoms with Crippen LogP contribution in [0.3, 0.4) is 0 Å². The van der Waals surface area contributed by atoms with E-state index in [0.29, 0.717) is 5.75 Å². The van der Waals surface area contributed by atoms with E-state index in [1.54, 1.807) is 12.1 Å². The number of ether oxygens (including phenoxy) is 1. The van der Waals surface area contributed by atoms with Crippen molar-refractivity contribution in [3.8, 4) is 11.8 Å². The molecule has 1 aromatic heterocycles. The van der Waals surface area contributed by atoms with Crippen molar-refractivity contribution in [3.05, 3.63) is 65.8 Å². The van der Waals surface area contributed by atoms with Crippen molar-refractivity contribution in [2.45, 2.75) is 25.2 Å². The number of anilines is 1. The largest absolute Gasteiger partial charge is 0.484 e. The Hall–Kier alpha value is -3.38. The molecular weight excluding hydrogens is 407 g/mol. The molecule has 0 fully saturated rings. The van der Waals surface area contributed by atoms with Crippen molar-refractivity contribution in [1.82, 2.24) is 10.2 Å². The molecule has 0 atom stereocenters. The standard InChI is InChI=1S/C21H19FN4O3S/c1-15-7-9-16(10-8-15)28-13-19-24-25-21(29-19)30-14-20(27)26(12-4-11-23)18-6-3-2-5-17(18)22/h2-3,5-10H,4,12-14H2,1H3. The van der Waals surface area contributed by atoms with E-state index in [9.17, 15) is 9.18 Å². The Labute approximate surface area is 177 Å². The molecule has 1 amide bonds. The van der Waals surface area contributed by atoms with Crippen LogP contribution in [-0.2, 0) is 11.4 Å². The van der Waals surface area contributed by atoms with Gasteiger partial charge in [-0.25, -0.2) is 4.39 Å². The third-order valence-electron chi connectivity index (χ3n) is 4.04. The van der Waals surface area contributed by atoms with Crippen molar-refractivity contribution in [2.75, 3.05) is 17.2 Å². The van der Waals surface area contributed by atoms with E-state index in [1.807, 2.05) is 37.3 Å². The van der Waals surface area contributed by atoms with Crippen molar-refractivity contribution in [3.63, 3.8) is 0 Å². The minimum Gasteiger partial charge on any atom is -0.484 e. The van der Waals surface area contributed by atoms with E-state index in [0.717, 1.165) is 17.3 Å². The number of para-hydroxylation sites is 1. The fourth-order valence-electron chi connectivity index (χ4n) is 2.55. The fourth-order valence-corrected chi connectivity index (χ4v) is 3.20. The zero-order chi connectivity index (χ0) is 21.3. The van der Waals surface area contributed by atoms with Crippen molar-refractivity contribution < 1.29 is 18.3 Å². The van der Waals surface area contributed by atoms with Gasteiger partial charge in [-0.3, -0.25) is 4.79 Å². The lowest BCUT2D eigenvalue weighted by molar-refractivity contribution is -0.116. The van der Waals surface area contributed by atoms with Gasteiger partial charge in [0.05, 0.1) is 23.9 Å². The van der Waals surface area contributed by atoms with Gasteiger partial charge < -0.3 is 14.1 Å². The van der Waals surface area contributed by atoms with Gasteiger partial charge in [0.1, 0.15) is 11.6 Å². The second kappa shape index (κ2) is 10.4. The third-order valence-corrected chi connectivity index (χ3v) is 4.85. The van der Waals surface area contributed by atoms with Crippen LogP contribution in [0.4, 0.5) is 10.1 Å². The first kappa shape index (κ1) is 21.3. The molecule has 1 heterocycles. The quantitative estimate of drug-likeness (QED) is 0.475. The minimum atomic E-state index is -0.526. The number of hydrogen-bond acceptors (Lipinski definition) is 7. The molecule has 0 N–H and O–H groups in total. The summed E-state index contributed by atoms with van der Waals surface area (Å²) < 4.78 is 25.2. The lowest BCUT2D eigenvalue weighted by Gasteiger charge is -2.21. The Morgan fingerprint density at radius 3 is 2.73 bits per heavy atom. The molecule has 3 aromatic rings. The van der Waals surface area contributed by atoms with E-state index in [-0.39, 0.29) is 48.0 Å². The summed E-state index contributed by atoms with van der Waals surface area (Å²) in [5.74, 6) is 0.0283. The third kappa shape index (κ3) is 5.81. The maximum atomic E-state index is 14.1. The van der Waals surface area contributed by atoms with Gasteiger partial charge in [0.2, 0.25) is 5.91 Å². The first-order valence-corrected chi connectivity index (χ1v) is 10.1. The normalized spacial score (nSPS) is 10.4. The van der Waals surface area contributed by atoms with Crippen molar-refractivity contribution in [2.24, 2.45) is 0 Å². The second-order valence-corrected chi connectivity index (χ2v) is 7.18. The van der Waals surface area contributed by atoms with Crippen LogP contribution in [0.1, 0.15) is 17.9 Å². The molecule has 7 nitrogen and oxygen atoms in total. The summed E-state index contributed by atoms with van der Waals surface area (Å²) >= 11 is 1.04. The molecule has 0 saturated carbocycles. The fraction of sp³-hybridized carbons (Fsp3) is 0.238. The van der Waals surface area contributed by atoms with E-state index < -0.39 is 5.82 Å². The Bertz CT molecular complexity index is 1030. The first-order valence-electron chi connectivity index (χ1n) is 9.13. The minimum absolute atomic E-state index is 0.0415. The smallest absolute Gasteiger partial charge is 0.277 e. The highest BCUT2D eigenvalue weighted by Gasteiger charge is 2.20. The number of carbonyl (C=O) groups is 1. The molecular formula is C21H19FN4O3S. The van der Waals surface area contributed by atoms with E-state index in [4.69, 9.17) is 14.4 Å². The van der Waals surface area contributed by atoms with Gasteiger partial charge in [0, 0.05) is 6.54 Å². The van der Waals surface area contributed by atoms with E-state index >= 15 is 0 Å². The number of aryl methyl sites for hydroxylation is 1. The van der Waals surface area contributed by atoms with Crippen LogP contribution in [-0.4, -0.2) is 28.4 Å². The van der Waals surface area contributed by atoms with Gasteiger partial charge in [-0.2, -0.15) is 5.26 Å². The van der Waals surface area contributed by atoms with Crippen LogP contribution in [0, 0.1) is 24.1 Å². The zero-order valence-corrected chi connectivity index (χ0v) is 17.1. The Balaban J connectivity index is 1.57. The zero-order valence-electron chi connectivity index (χ0n) is 16.2. The number of hydrogen-bond donors (Lipinski definition) is 0. The Kier molecular flexibility index (Phi) is 7.40. The number of thioether (sulfide) groups is 1. The lowest BCUT2D eigenvalue weighted by Crippen LogP contribution is -2.34. The highest BCUT2D eigenvalue weighted by molar-refractivity contribution is 7.99. The van der Waals surface area contributed by atoms with E-state index in [2.05, 4.69) is 10.2 Å². The number of nitrogens with zero attached hydrogens (tertiary/aromatic N) is 4. The predicted octanol–water partition coefficient (Wildman–Crippen LogP) is 4.14. The van der Waals surface area contributed by atoms with Crippen LogP contribution in [0.25, 0.3) is 0 Å². The van der Waals surface area contributed by atoms with Gasteiger partial charge in [0.15, 0.2) is 6.61 Å². The Morgan fingerprint density at radius 1 is 1.23 bits per heavy atom. The van der Waals surface area contributed by atoms with Crippen LogP contribution < -0.4 is 9.64 Å². The second-order valence-electron chi connectivity index (χ2n) is 6.26. The highest BCUT2D eigenvalue weighted by Crippen LogP contribution is 2.23. The first-order chi connectivity index (χ1) is 14.6. The topological polar surface area (TPSA) is 92.3 Å². The van der Waals surface area contributed by atoms with Crippen LogP contribution in [0.2, 0.25) is 0 Å². The molecule has 0 unspecified atom stereocenters. The molecule has 0 saturated heterocycles. The van der Waals surface area contributed by atoms with Gasteiger partial charge in [-0.1, -0.05) is 41.6 Å². The molecule has 0 spiro atoms. The summed E-state index contributed by atoms with van der Waals surface area (Å²) in [7, 11) is 0. The van der Waals surface area contributed by atoms with Crippen molar-refractivity contribution in [1.29, 1.82) is 5.26 Å². The molecule has 154 valence electrons. The maximum Gasteiger partial charge on any atom is 0.277 e. The molecule has 0 aliphatic carbocycles. The molecule has 0 aliphatic heterocycles. The highest BCUT2D eigenvalue weighted by atomic mass is 32.2. The summed E-state index contributed by atoms with van der Waals surface area (Å²) in [5, 5.41) is 16.8. The molecule has 0 radical (unpaired) electrons. The molecule has 30 heavy (non-hydrogen) atoms. The van der Waals surface area contributed by atoms with E-state index in [1.165, 1.54) is 17.0 Å². The Morgan fingerprint density at radius 2 is 2.00 bits per heavy atom. The lowest BCUT2D eigenvalue weighted by atomic mass is 10.2. The number of benzene rings is 2. The average Bonchev–Trinajstić information content (AvgIpc) is 3.21. The number of amides is 1. The van der Waals surface area contributed by atoms with Gasteiger partial charge in [-0.15, -0.1) is 10.2 Å². The molecule has 0 bridgehead atoms. The summed E-state index contributed by atoms with van der Waals surface area (Å²) in [6, 6.07) is 15.5. The van der Waals surface area contributed by atoms with Crippen molar-refractivity contribution >= 4 is 23.4 Å². The maximum absolute atomic E-state index is 14.1. The van der Waals surface area contributed by atoms with Gasteiger partial charge >= 0.3 is 0 Å². The van der Waals surface area contributed by atoms with Crippen LogP contribution >= 0.6 is 11.8 Å². The number of nitriles is 1. The van der Waals surface area contributed by atoms with Crippen LogP contribution in [0.15, 0.2) is 58.2 Å². The predicted molar refractivity (Wildman–Crippen MR) is 110 cm³/mol. The molecule has 2 aromatic carbocycles. The van der Waals surface area contributed by atoms with Crippen LogP contribution in [0.5, 0.6) is 5.75 Å². The number of rotatable bonds is 9. The summed E-state index contributed by atoms with van der Waals surface area (Å²) in [4.78, 5) is 13.9. The SMILES string of the molecule is Cc1ccc(OCc2nnc(SCC(=O)N(CCC#N)c3ccccc3F)o2)cc1. The number of aromatic nitrogens is 2. The summed E-state index contributed by atoms with van der Waals surface area (Å²) in [6.45, 7) is 2.19. The average molecular weight is 426 g/mol.